The Labute approximate surface area is 234 Å². The van der Waals surface area contributed by atoms with Crippen molar-refractivity contribution in [1.82, 2.24) is 15.3 Å². The normalized spacial score (nSPS) is 12.9. The highest BCUT2D eigenvalue weighted by atomic mass is 35.5. The fourth-order valence-corrected chi connectivity index (χ4v) is 4.22. The Morgan fingerprint density at radius 3 is 2.67 bits per heavy atom. The number of nitrogen functional groups attached to an aromatic ring is 1. The molecule has 3 aromatic rings. The molecule has 2 unspecified atom stereocenters. The maximum atomic E-state index is 14.4. The molecule has 9 nitrogen and oxygen atoms in total. The molecule has 0 amide bonds. The topological polar surface area (TPSA) is 154 Å². The number of nitrogens with two attached hydrogens (primary N) is 2. The third kappa shape index (κ3) is 8.90. The highest BCUT2D eigenvalue weighted by Crippen LogP contribution is 2.30. The van der Waals surface area contributed by atoms with Gasteiger partial charge in [0.15, 0.2) is 5.82 Å². The predicted octanol–water partition coefficient (Wildman–Crippen LogP) is 5.39. The van der Waals surface area contributed by atoms with Crippen molar-refractivity contribution >= 4 is 34.9 Å². The SMILES string of the molecule is CNc1cc(N)ccc1-c1cnc(C(CCCC(C)CC=O)N/C(N)=C(\C)Nc2cccc(Cl)c2F)[nH]1.CO. The standard InChI is InChI=1S/C27H35ClFN7O.CH4O/c1-16(12-13-37)6-4-9-22(35-26(31)17(2)34-21-8-5-7-20(28)25(21)29)27-33-15-24(36-27)19-11-10-18(30)14-23(19)32-3;1-2/h5,7-8,10-11,13-16,22,32,34-35H,4,6,9,12,30-31H2,1-3H3,(H,33,36);2H,1H3/b26-17+;. The van der Waals surface area contributed by atoms with E-state index < -0.39 is 5.82 Å². The lowest BCUT2D eigenvalue weighted by Crippen LogP contribution is -2.29. The summed E-state index contributed by atoms with van der Waals surface area (Å²) in [5, 5.41) is 16.5. The third-order valence-electron chi connectivity index (χ3n) is 6.22. The van der Waals surface area contributed by atoms with Crippen LogP contribution in [-0.2, 0) is 4.79 Å². The summed E-state index contributed by atoms with van der Waals surface area (Å²) in [6, 6.07) is 10.1. The molecule has 2 atom stereocenters. The Balaban J connectivity index is 0.00000260. The number of hydrogen-bond acceptors (Lipinski definition) is 8. The number of nitrogens with zero attached hydrogens (tertiary/aromatic N) is 1. The van der Waals surface area contributed by atoms with E-state index in [2.05, 4.69) is 32.8 Å². The van der Waals surface area contributed by atoms with Crippen LogP contribution in [0.25, 0.3) is 11.3 Å². The van der Waals surface area contributed by atoms with Crippen molar-refractivity contribution in [3.63, 3.8) is 0 Å². The zero-order valence-corrected chi connectivity index (χ0v) is 23.6. The summed E-state index contributed by atoms with van der Waals surface area (Å²) in [6.45, 7) is 3.82. The van der Waals surface area contributed by atoms with Crippen molar-refractivity contribution in [2.75, 3.05) is 30.5 Å². The fourth-order valence-electron chi connectivity index (χ4n) is 4.05. The molecule has 1 aromatic heterocycles. The zero-order valence-electron chi connectivity index (χ0n) is 22.8. The Morgan fingerprint density at radius 2 is 1.97 bits per heavy atom. The second kappa shape index (κ2) is 15.6. The minimum Gasteiger partial charge on any atom is -0.400 e. The van der Waals surface area contributed by atoms with Gasteiger partial charge in [0.2, 0.25) is 0 Å². The number of imidazole rings is 1. The van der Waals surface area contributed by atoms with E-state index in [1.54, 1.807) is 25.3 Å². The first-order valence-corrected chi connectivity index (χ1v) is 13.1. The maximum absolute atomic E-state index is 14.4. The number of hydrogen-bond donors (Lipinski definition) is 7. The van der Waals surface area contributed by atoms with Crippen LogP contribution in [0.5, 0.6) is 0 Å². The van der Waals surface area contributed by atoms with Crippen molar-refractivity contribution in [3.8, 4) is 11.3 Å². The van der Waals surface area contributed by atoms with Crippen LogP contribution >= 0.6 is 11.6 Å². The summed E-state index contributed by atoms with van der Waals surface area (Å²) in [4.78, 5) is 18.9. The highest BCUT2D eigenvalue weighted by Gasteiger charge is 2.19. The number of aliphatic hydroxyl groups is 1. The zero-order chi connectivity index (χ0) is 28.9. The van der Waals surface area contributed by atoms with Gasteiger partial charge >= 0.3 is 0 Å². The number of benzene rings is 2. The van der Waals surface area contributed by atoms with Gasteiger partial charge in [-0.1, -0.05) is 37.4 Å². The molecule has 3 rings (SSSR count). The Hall–Kier alpha value is -3.76. The highest BCUT2D eigenvalue weighted by molar-refractivity contribution is 6.31. The molecule has 0 bridgehead atoms. The molecule has 0 spiro atoms. The van der Waals surface area contributed by atoms with Gasteiger partial charge in [-0.15, -0.1) is 0 Å². The third-order valence-corrected chi connectivity index (χ3v) is 6.52. The van der Waals surface area contributed by atoms with Crippen LogP contribution in [0, 0.1) is 11.7 Å². The van der Waals surface area contributed by atoms with Crippen LogP contribution in [0.4, 0.5) is 21.5 Å². The first-order chi connectivity index (χ1) is 18.7. The Kier molecular flexibility index (Phi) is 12.6. The number of nitrogens with one attached hydrogen (secondary N) is 4. The lowest BCUT2D eigenvalue weighted by atomic mass is 9.99. The van der Waals surface area contributed by atoms with E-state index in [0.717, 1.165) is 49.6 Å². The molecular weight excluding hydrogens is 521 g/mol. The number of aliphatic hydroxyl groups excluding tert-OH is 1. The van der Waals surface area contributed by atoms with Crippen molar-refractivity contribution < 1.29 is 14.3 Å². The molecule has 0 aliphatic rings. The van der Waals surface area contributed by atoms with Crippen LogP contribution in [0.3, 0.4) is 0 Å². The van der Waals surface area contributed by atoms with Gasteiger partial charge in [-0.2, -0.15) is 0 Å². The molecule has 2 aromatic carbocycles. The first kappa shape index (κ1) is 31.5. The minimum atomic E-state index is -0.545. The van der Waals surface area contributed by atoms with Gasteiger partial charge in [0, 0.05) is 37.5 Å². The number of carbonyl (C=O) groups is 1. The summed E-state index contributed by atoms with van der Waals surface area (Å²) in [7, 11) is 2.84. The van der Waals surface area contributed by atoms with Gasteiger partial charge in [0.1, 0.15) is 17.9 Å². The maximum Gasteiger partial charge on any atom is 0.165 e. The molecule has 9 N–H and O–H groups in total. The number of H-pyrrole nitrogens is 1. The van der Waals surface area contributed by atoms with Crippen LogP contribution < -0.4 is 27.4 Å². The smallest absolute Gasteiger partial charge is 0.165 e. The van der Waals surface area contributed by atoms with E-state index in [4.69, 9.17) is 28.2 Å². The van der Waals surface area contributed by atoms with Gasteiger partial charge < -0.3 is 42.3 Å². The molecule has 0 aliphatic carbocycles. The molecular formula is C28H39ClFN7O2. The molecule has 0 saturated heterocycles. The summed E-state index contributed by atoms with van der Waals surface area (Å²) < 4.78 is 14.4. The summed E-state index contributed by atoms with van der Waals surface area (Å²) >= 11 is 5.91. The van der Waals surface area contributed by atoms with Crippen LogP contribution in [0.2, 0.25) is 5.02 Å². The number of allylic oxidation sites excluding steroid dienone is 1. The number of anilines is 3. The number of aromatic amines is 1. The van der Waals surface area contributed by atoms with E-state index >= 15 is 0 Å². The second-order valence-corrected chi connectivity index (χ2v) is 9.54. The molecule has 0 saturated carbocycles. The average Bonchev–Trinajstić information content (AvgIpc) is 3.41. The molecule has 11 heteroatoms. The van der Waals surface area contributed by atoms with Crippen LogP contribution in [-0.4, -0.2) is 35.5 Å². The Morgan fingerprint density at radius 1 is 1.23 bits per heavy atom. The van der Waals surface area contributed by atoms with Gasteiger partial charge in [-0.3, -0.25) is 0 Å². The minimum absolute atomic E-state index is 0.0263. The van der Waals surface area contributed by atoms with Crippen LogP contribution in [0.1, 0.15) is 51.4 Å². The van der Waals surface area contributed by atoms with E-state index in [0.29, 0.717) is 35.4 Å². The van der Waals surface area contributed by atoms with Crippen molar-refractivity contribution in [1.29, 1.82) is 0 Å². The Bertz CT molecular complexity index is 1250. The number of halogens is 2. The number of aldehydes is 1. The van der Waals surface area contributed by atoms with Gasteiger partial charge in [-0.25, -0.2) is 9.37 Å². The largest absolute Gasteiger partial charge is 0.400 e. The van der Waals surface area contributed by atoms with Gasteiger partial charge in [0.25, 0.3) is 0 Å². The molecule has 0 radical (unpaired) electrons. The predicted molar refractivity (Wildman–Crippen MR) is 158 cm³/mol. The fraction of sp³-hybridized carbons (Fsp3) is 0.357. The lowest BCUT2D eigenvalue weighted by molar-refractivity contribution is -0.108. The van der Waals surface area contributed by atoms with Crippen molar-refractivity contribution in [2.24, 2.45) is 11.7 Å². The molecule has 39 heavy (non-hydrogen) atoms. The molecule has 212 valence electrons. The first-order valence-electron chi connectivity index (χ1n) is 12.7. The van der Waals surface area contributed by atoms with E-state index in [1.807, 2.05) is 25.2 Å². The number of aromatic nitrogens is 2. The van der Waals surface area contributed by atoms with Gasteiger partial charge in [0.05, 0.1) is 34.3 Å². The monoisotopic (exact) mass is 559 g/mol. The second-order valence-electron chi connectivity index (χ2n) is 9.14. The lowest BCUT2D eigenvalue weighted by Gasteiger charge is -2.21. The van der Waals surface area contributed by atoms with Crippen molar-refractivity contribution in [2.45, 2.75) is 45.6 Å². The number of carbonyl (C=O) groups excluding carboxylic acids is 1. The quantitative estimate of drug-likeness (QED) is 0.109. The molecule has 0 aliphatic heterocycles. The molecule has 0 fully saturated rings. The summed E-state index contributed by atoms with van der Waals surface area (Å²) in [5.74, 6) is 0.810. The summed E-state index contributed by atoms with van der Waals surface area (Å²) in [6.07, 6.45) is 5.73. The number of rotatable bonds is 13. The van der Waals surface area contributed by atoms with Gasteiger partial charge in [-0.05, 0) is 49.6 Å². The summed E-state index contributed by atoms with van der Waals surface area (Å²) in [5.41, 5.74) is 16.4. The van der Waals surface area contributed by atoms with E-state index in [-0.39, 0.29) is 16.8 Å². The van der Waals surface area contributed by atoms with E-state index in [1.165, 1.54) is 6.07 Å². The average molecular weight is 560 g/mol. The van der Waals surface area contributed by atoms with Crippen molar-refractivity contribution in [3.05, 3.63) is 70.8 Å². The molecule has 1 heterocycles. The van der Waals surface area contributed by atoms with Crippen LogP contribution in [0.15, 0.2) is 54.1 Å². The van der Waals surface area contributed by atoms with E-state index in [9.17, 15) is 9.18 Å².